The van der Waals surface area contributed by atoms with Crippen LogP contribution in [0.1, 0.15) is 125 Å². The van der Waals surface area contributed by atoms with Crippen LogP contribution in [0.3, 0.4) is 0 Å². The quantitative estimate of drug-likeness (QED) is 0.182. The molecule has 7 heterocycles. The summed E-state index contributed by atoms with van der Waals surface area (Å²) in [7, 11) is 0. The van der Waals surface area contributed by atoms with E-state index in [2.05, 4.69) is 26.5 Å². The molecule has 0 aromatic rings. The first-order chi connectivity index (χ1) is 26.9. The smallest absolute Gasteiger partial charge is 0.335 e. The number of hydrogen-bond acceptors (Lipinski definition) is 12. The van der Waals surface area contributed by atoms with Crippen molar-refractivity contribution in [3.63, 3.8) is 0 Å². The summed E-state index contributed by atoms with van der Waals surface area (Å²) in [4.78, 5) is 11.6. The van der Waals surface area contributed by atoms with E-state index in [1.165, 1.54) is 6.92 Å². The summed E-state index contributed by atoms with van der Waals surface area (Å²) in [5.41, 5.74) is -0.551. The van der Waals surface area contributed by atoms with Gasteiger partial charge in [-0.3, -0.25) is 0 Å². The predicted octanol–water partition coefficient (Wildman–Crippen LogP) is 5.21. The maximum absolute atomic E-state index is 11.6. The van der Waals surface area contributed by atoms with Crippen molar-refractivity contribution in [3.8, 4) is 0 Å². The van der Waals surface area contributed by atoms with Gasteiger partial charge in [0.15, 0.2) is 17.2 Å². The highest BCUT2D eigenvalue weighted by atomic mass is 16.7. The Balaban J connectivity index is 0.920. The Hall–Kier alpha value is -1.75. The molecule has 322 valence electrons. The van der Waals surface area contributed by atoms with Gasteiger partial charge in [-0.05, 0) is 95.1 Å². The zero-order valence-corrected chi connectivity index (χ0v) is 34.6. The largest absolute Gasteiger partial charge is 0.479 e. The molecule has 17 atom stereocenters. The standard InChI is InChI=1S/C44H68O13/c1-25-21-34(55-44(23-25)35(46)12-11-31(54-44)24-41(6,50)40(48)49)26(2)9-10-30-14-18-43(53-30)19-15-33-39(57-43)36(47)29(5)38(52-33)32(45)22-28(4)37-27(3)13-17-42(56-37)16-7-8-20-51-42/h9-10,23,26-28,30-39,45-47,50H,5,7-8,11-22,24H2,1-4,6H3,(H,48,49)/b10-9+/t26-,27-,28+,30-,31+,32+,33-,34+,35-,36-,37+,38+,39-,41-,42+,43+,44-/m1/s1. The van der Waals surface area contributed by atoms with Crippen molar-refractivity contribution in [3.05, 3.63) is 36.0 Å². The van der Waals surface area contributed by atoms with Gasteiger partial charge in [-0.1, -0.05) is 45.1 Å². The molecule has 0 bridgehead atoms. The van der Waals surface area contributed by atoms with Crippen molar-refractivity contribution in [2.75, 3.05) is 6.61 Å². The molecule has 0 saturated carbocycles. The molecular weight excluding hydrogens is 736 g/mol. The van der Waals surface area contributed by atoms with Gasteiger partial charge in [0.25, 0.3) is 0 Å². The maximum atomic E-state index is 11.6. The fourth-order valence-corrected chi connectivity index (χ4v) is 10.5. The van der Waals surface area contributed by atoms with Gasteiger partial charge in [-0.25, -0.2) is 4.79 Å². The van der Waals surface area contributed by atoms with Crippen molar-refractivity contribution in [1.82, 2.24) is 0 Å². The molecule has 5 N–H and O–H groups in total. The van der Waals surface area contributed by atoms with Gasteiger partial charge in [-0.2, -0.15) is 0 Å². The van der Waals surface area contributed by atoms with Gasteiger partial charge in [0.1, 0.15) is 24.4 Å². The molecule has 7 aliphatic rings. The number of ether oxygens (including phenoxy) is 7. The van der Waals surface area contributed by atoms with E-state index >= 15 is 0 Å². The minimum Gasteiger partial charge on any atom is -0.479 e. The molecule has 7 aliphatic heterocycles. The van der Waals surface area contributed by atoms with Crippen molar-refractivity contribution < 1.29 is 63.5 Å². The van der Waals surface area contributed by atoms with Crippen LogP contribution in [0, 0.1) is 17.8 Å². The summed E-state index contributed by atoms with van der Waals surface area (Å²) in [5, 5.41) is 54.0. The molecule has 0 aromatic heterocycles. The number of hydrogen-bond donors (Lipinski definition) is 5. The van der Waals surface area contributed by atoms with Crippen LogP contribution in [0.5, 0.6) is 0 Å². The zero-order valence-electron chi connectivity index (χ0n) is 34.6. The second-order valence-corrected chi connectivity index (χ2v) is 18.9. The van der Waals surface area contributed by atoms with Crippen LogP contribution in [-0.4, -0.2) is 122 Å². The van der Waals surface area contributed by atoms with E-state index in [0.29, 0.717) is 56.4 Å². The average Bonchev–Trinajstić information content (AvgIpc) is 3.56. The number of carboxylic acids is 1. The Morgan fingerprint density at radius 1 is 1.00 bits per heavy atom. The molecule has 0 unspecified atom stereocenters. The molecule has 6 saturated heterocycles. The highest BCUT2D eigenvalue weighted by molar-refractivity contribution is 5.76. The first kappa shape index (κ1) is 43.3. The molecule has 7 rings (SSSR count). The summed E-state index contributed by atoms with van der Waals surface area (Å²) < 4.78 is 45.2. The van der Waals surface area contributed by atoms with E-state index in [9.17, 15) is 30.3 Å². The summed E-state index contributed by atoms with van der Waals surface area (Å²) in [6.45, 7) is 14.5. The maximum Gasteiger partial charge on any atom is 0.335 e. The predicted molar refractivity (Wildman–Crippen MR) is 208 cm³/mol. The molecule has 13 nitrogen and oxygen atoms in total. The second-order valence-electron chi connectivity index (χ2n) is 18.9. The van der Waals surface area contributed by atoms with Crippen LogP contribution in [0.2, 0.25) is 0 Å². The van der Waals surface area contributed by atoms with E-state index in [0.717, 1.165) is 50.7 Å². The third-order valence-corrected chi connectivity index (χ3v) is 14.0. The molecule has 0 aromatic carbocycles. The van der Waals surface area contributed by atoms with Gasteiger partial charge >= 0.3 is 5.97 Å². The van der Waals surface area contributed by atoms with Crippen molar-refractivity contribution in [2.45, 2.75) is 209 Å². The average molecular weight is 805 g/mol. The van der Waals surface area contributed by atoms with Crippen molar-refractivity contribution >= 4 is 5.97 Å². The van der Waals surface area contributed by atoms with Gasteiger partial charge in [0.05, 0.1) is 43.2 Å². The fourth-order valence-electron chi connectivity index (χ4n) is 10.5. The molecule has 0 radical (unpaired) electrons. The van der Waals surface area contributed by atoms with Crippen LogP contribution < -0.4 is 0 Å². The number of aliphatic carboxylic acids is 1. The number of rotatable bonds is 10. The monoisotopic (exact) mass is 804 g/mol. The Morgan fingerprint density at radius 3 is 2.49 bits per heavy atom. The molecule has 13 heteroatoms. The summed E-state index contributed by atoms with van der Waals surface area (Å²) in [6, 6.07) is 0. The fraction of sp³-hybridized carbons (Fsp3) is 0.841. The van der Waals surface area contributed by atoms with Gasteiger partial charge in [-0.15, -0.1) is 0 Å². The van der Waals surface area contributed by atoms with E-state index in [-0.39, 0.29) is 36.6 Å². The molecule has 0 aliphatic carbocycles. The Morgan fingerprint density at radius 2 is 1.75 bits per heavy atom. The first-order valence-corrected chi connectivity index (χ1v) is 21.7. The lowest BCUT2D eigenvalue weighted by atomic mass is 9.79. The Bertz CT molecular complexity index is 1510. The highest BCUT2D eigenvalue weighted by Gasteiger charge is 2.55. The SMILES string of the molecule is C=C1[C@@H](O)[C@@H]2O[C@@]3(CC[C@@H](/C=C/[C@@H](C)[C@@H]4CC(C)=C[C@@]5(O[C@H](C[C@@](C)(O)C(=O)O)CC[C@H]5O)O4)O3)CC[C@H]2O[C@@H]1[C@@H](O)C[C@H](C)[C@H]1O[C@@]2(CCCCO2)CC[C@H]1C. The third kappa shape index (κ3) is 9.15. The lowest BCUT2D eigenvalue weighted by Crippen LogP contribution is -2.60. The number of aliphatic hydroxyl groups excluding tert-OH is 3. The normalized spacial score (nSPS) is 45.4. The van der Waals surface area contributed by atoms with E-state index < -0.39 is 71.7 Å². The van der Waals surface area contributed by atoms with Crippen LogP contribution in [-0.2, 0) is 38.0 Å². The van der Waals surface area contributed by atoms with Gasteiger partial charge in [0.2, 0.25) is 5.79 Å². The van der Waals surface area contributed by atoms with Crippen LogP contribution >= 0.6 is 0 Å². The number of carbonyl (C=O) groups is 1. The van der Waals surface area contributed by atoms with E-state index in [1.54, 1.807) is 6.08 Å². The Kier molecular flexibility index (Phi) is 12.9. The van der Waals surface area contributed by atoms with E-state index in [1.807, 2.05) is 19.9 Å². The summed E-state index contributed by atoms with van der Waals surface area (Å²) in [5.74, 6) is -3.82. The summed E-state index contributed by atoms with van der Waals surface area (Å²) in [6.07, 6.45) is 9.37. The third-order valence-electron chi connectivity index (χ3n) is 14.0. The minimum atomic E-state index is -1.96. The molecule has 0 amide bonds. The van der Waals surface area contributed by atoms with Gasteiger partial charge in [0, 0.05) is 38.0 Å². The number of aliphatic hydroxyl groups is 4. The minimum absolute atomic E-state index is 0.0423. The van der Waals surface area contributed by atoms with Crippen LogP contribution in [0.4, 0.5) is 0 Å². The van der Waals surface area contributed by atoms with E-state index in [4.69, 9.17) is 33.2 Å². The lowest BCUT2D eigenvalue weighted by Gasteiger charge is -2.50. The Labute approximate surface area is 337 Å². The number of fused-ring (bicyclic) bond motifs is 1. The molecular formula is C44H68O13. The molecule has 57 heavy (non-hydrogen) atoms. The van der Waals surface area contributed by atoms with Gasteiger partial charge < -0.3 is 58.7 Å². The highest BCUT2D eigenvalue weighted by Crippen LogP contribution is 2.47. The molecule has 3 spiro atoms. The van der Waals surface area contributed by atoms with Crippen LogP contribution in [0.15, 0.2) is 36.0 Å². The lowest BCUT2D eigenvalue weighted by molar-refractivity contribution is -0.321. The second kappa shape index (κ2) is 17.0. The number of carboxylic acid groups (broad SMARTS) is 1. The first-order valence-electron chi connectivity index (χ1n) is 21.7. The topological polar surface area (TPSA) is 183 Å². The van der Waals surface area contributed by atoms with Crippen LogP contribution in [0.25, 0.3) is 0 Å². The zero-order chi connectivity index (χ0) is 40.9. The molecule has 6 fully saturated rings. The van der Waals surface area contributed by atoms with Crippen molar-refractivity contribution in [1.29, 1.82) is 0 Å². The van der Waals surface area contributed by atoms with Crippen molar-refractivity contribution in [2.24, 2.45) is 17.8 Å². The summed E-state index contributed by atoms with van der Waals surface area (Å²) >= 11 is 0.